The van der Waals surface area contributed by atoms with Crippen LogP contribution in [0.15, 0.2) is 67.1 Å². The van der Waals surface area contributed by atoms with Crippen molar-refractivity contribution in [2.75, 3.05) is 57.5 Å². The molecule has 11 heteroatoms. The summed E-state index contributed by atoms with van der Waals surface area (Å²) >= 11 is 0. The van der Waals surface area contributed by atoms with Gasteiger partial charge in [0.05, 0.1) is 42.8 Å². The van der Waals surface area contributed by atoms with E-state index in [1.165, 1.54) is 0 Å². The molecule has 8 rings (SSSR count). The highest BCUT2D eigenvalue weighted by Crippen LogP contribution is 2.34. The van der Waals surface area contributed by atoms with Gasteiger partial charge in [0.1, 0.15) is 11.5 Å². The molecular weight excluding hydrogens is 559 g/mol. The molecule has 0 unspecified atom stereocenters. The molecule has 2 saturated heterocycles. The molecule has 6 aromatic rings. The van der Waals surface area contributed by atoms with E-state index in [9.17, 15) is 4.39 Å². The van der Waals surface area contributed by atoms with Gasteiger partial charge in [-0.05, 0) is 47.5 Å². The van der Waals surface area contributed by atoms with Crippen molar-refractivity contribution in [1.29, 1.82) is 0 Å². The molecule has 0 spiro atoms. The summed E-state index contributed by atoms with van der Waals surface area (Å²) in [7, 11) is 0. The Bertz CT molecular complexity index is 1960. The Morgan fingerprint density at radius 1 is 0.841 bits per heavy atom. The Hall–Kier alpha value is -4.71. The van der Waals surface area contributed by atoms with E-state index in [4.69, 9.17) is 14.5 Å². The highest BCUT2D eigenvalue weighted by Gasteiger charge is 2.19. The van der Waals surface area contributed by atoms with Crippen molar-refractivity contribution >= 4 is 27.8 Å². The lowest BCUT2D eigenvalue weighted by Crippen LogP contribution is -2.36. The van der Waals surface area contributed by atoms with Gasteiger partial charge in [0.25, 0.3) is 0 Å². The van der Waals surface area contributed by atoms with E-state index in [1.807, 2.05) is 42.9 Å². The Balaban J connectivity index is 1.14. The number of halogens is 1. The maximum atomic E-state index is 14.9. The van der Waals surface area contributed by atoms with Crippen LogP contribution in [0.25, 0.3) is 55.8 Å². The maximum absolute atomic E-state index is 14.9. The first-order valence-electron chi connectivity index (χ1n) is 14.9. The molecule has 222 valence electrons. The topological polar surface area (TPSA) is 108 Å². The van der Waals surface area contributed by atoms with Crippen LogP contribution in [-0.2, 0) is 16.0 Å². The third-order valence-corrected chi connectivity index (χ3v) is 8.37. The zero-order valence-electron chi connectivity index (χ0n) is 24.1. The van der Waals surface area contributed by atoms with Gasteiger partial charge in [-0.1, -0.05) is 12.1 Å². The lowest BCUT2D eigenvalue weighted by molar-refractivity contribution is 0.0341. The minimum absolute atomic E-state index is 0.279. The molecule has 10 nitrogen and oxygen atoms in total. The smallest absolute Gasteiger partial charge is 0.181 e. The number of anilines is 1. The monoisotopic (exact) mass is 590 g/mol. The summed E-state index contributed by atoms with van der Waals surface area (Å²) < 4.78 is 25.9. The number of benzene rings is 2. The number of aromatic amines is 2. The van der Waals surface area contributed by atoms with E-state index in [0.717, 1.165) is 102 Å². The van der Waals surface area contributed by atoms with Crippen molar-refractivity contribution in [3.63, 3.8) is 0 Å². The van der Waals surface area contributed by atoms with Crippen molar-refractivity contribution < 1.29 is 13.9 Å². The number of aromatic nitrogens is 6. The molecule has 2 aromatic carbocycles. The second-order valence-electron chi connectivity index (χ2n) is 11.2. The predicted octanol–water partition coefficient (Wildman–Crippen LogP) is 5.04. The molecule has 0 aliphatic carbocycles. The molecule has 44 heavy (non-hydrogen) atoms. The number of nitrogens with zero attached hydrogens (tertiary/aromatic N) is 6. The van der Waals surface area contributed by atoms with Crippen LogP contribution in [0, 0.1) is 5.82 Å². The standard InChI is InChI=1S/C33H31FN8O2/c34-25-13-22(14-26(16-25)42-6-10-44-11-7-42)27-2-1-3-29-30(27)38-33(37-29)31-28-15-24(19-36-32(28)40-39-31)23-12-21(17-35-18-23)20-41-4-8-43-9-5-41/h1-3,12-19H,4-11,20H2,(H,37,38)(H,36,39,40). The fraction of sp³-hybridized carbons (Fsp3) is 0.273. The largest absolute Gasteiger partial charge is 0.379 e. The molecule has 2 aliphatic rings. The summed E-state index contributed by atoms with van der Waals surface area (Å²) in [5.74, 6) is 0.358. The van der Waals surface area contributed by atoms with Gasteiger partial charge in [-0.2, -0.15) is 5.10 Å². The maximum Gasteiger partial charge on any atom is 0.181 e. The first kappa shape index (κ1) is 26.9. The zero-order chi connectivity index (χ0) is 29.5. The van der Waals surface area contributed by atoms with Crippen LogP contribution in [0.5, 0.6) is 0 Å². The lowest BCUT2D eigenvalue weighted by Gasteiger charge is -2.29. The van der Waals surface area contributed by atoms with Gasteiger partial charge in [-0.25, -0.2) is 14.4 Å². The molecule has 6 heterocycles. The summed E-state index contributed by atoms with van der Waals surface area (Å²) in [6, 6.07) is 15.3. The van der Waals surface area contributed by atoms with Gasteiger partial charge in [-0.3, -0.25) is 15.0 Å². The lowest BCUT2D eigenvalue weighted by atomic mass is 10.0. The first-order valence-corrected chi connectivity index (χ1v) is 14.9. The van der Waals surface area contributed by atoms with Crippen LogP contribution in [0.2, 0.25) is 0 Å². The number of ether oxygens (including phenoxy) is 2. The number of nitrogens with one attached hydrogen (secondary N) is 2. The van der Waals surface area contributed by atoms with E-state index >= 15 is 0 Å². The fourth-order valence-electron chi connectivity index (χ4n) is 6.10. The van der Waals surface area contributed by atoms with Gasteiger partial charge in [0.2, 0.25) is 0 Å². The predicted molar refractivity (Wildman–Crippen MR) is 167 cm³/mol. The number of rotatable bonds is 6. The molecule has 2 fully saturated rings. The van der Waals surface area contributed by atoms with Gasteiger partial charge < -0.3 is 19.4 Å². The van der Waals surface area contributed by atoms with E-state index in [-0.39, 0.29) is 5.82 Å². The average Bonchev–Trinajstić information content (AvgIpc) is 3.69. The van der Waals surface area contributed by atoms with Crippen molar-refractivity contribution in [2.45, 2.75) is 6.54 Å². The summed E-state index contributed by atoms with van der Waals surface area (Å²) in [4.78, 5) is 22.1. The normalized spacial score (nSPS) is 16.2. The molecule has 2 aliphatic heterocycles. The van der Waals surface area contributed by atoms with E-state index in [0.29, 0.717) is 24.7 Å². The number of H-pyrrole nitrogens is 2. The second-order valence-corrected chi connectivity index (χ2v) is 11.2. The third kappa shape index (κ3) is 5.19. The van der Waals surface area contributed by atoms with Crippen molar-refractivity contribution in [1.82, 2.24) is 35.0 Å². The van der Waals surface area contributed by atoms with Crippen LogP contribution in [-0.4, -0.2) is 87.6 Å². The van der Waals surface area contributed by atoms with Gasteiger partial charge in [0, 0.05) is 73.7 Å². The SMILES string of the molecule is Fc1cc(-c2cccc3[nH]c(-c4[nH]nc5ncc(-c6cncc(CN7CCOCC7)c6)cc45)nc23)cc(N2CCOCC2)c1. The van der Waals surface area contributed by atoms with Gasteiger partial charge >= 0.3 is 0 Å². The number of para-hydroxylation sites is 1. The zero-order valence-corrected chi connectivity index (χ0v) is 24.1. The Labute approximate surface area is 252 Å². The van der Waals surface area contributed by atoms with Crippen LogP contribution in [0.3, 0.4) is 0 Å². The van der Waals surface area contributed by atoms with Crippen molar-refractivity contribution in [3.05, 3.63) is 78.5 Å². The van der Waals surface area contributed by atoms with Crippen molar-refractivity contribution in [2.24, 2.45) is 0 Å². The third-order valence-electron chi connectivity index (χ3n) is 8.37. The minimum atomic E-state index is -0.279. The summed E-state index contributed by atoms with van der Waals surface area (Å²) in [5, 5.41) is 8.44. The van der Waals surface area contributed by atoms with Gasteiger partial charge in [-0.15, -0.1) is 0 Å². The Morgan fingerprint density at radius 2 is 1.66 bits per heavy atom. The van der Waals surface area contributed by atoms with E-state index < -0.39 is 0 Å². The van der Waals surface area contributed by atoms with Crippen molar-refractivity contribution in [3.8, 4) is 33.8 Å². The molecular formula is C33H31FN8O2. The van der Waals surface area contributed by atoms with Crippen LogP contribution < -0.4 is 4.90 Å². The summed E-state index contributed by atoms with van der Waals surface area (Å²) in [6.07, 6.45) is 5.61. The Morgan fingerprint density at radius 3 is 2.52 bits per heavy atom. The number of imidazole rings is 1. The van der Waals surface area contributed by atoms with Crippen LogP contribution >= 0.6 is 0 Å². The summed E-state index contributed by atoms with van der Waals surface area (Å²) in [6.45, 7) is 6.93. The first-order chi connectivity index (χ1) is 21.7. The molecule has 4 aromatic heterocycles. The second kappa shape index (κ2) is 11.4. The molecule has 0 radical (unpaired) electrons. The number of morpholine rings is 2. The highest BCUT2D eigenvalue weighted by molar-refractivity contribution is 5.97. The number of hydrogen-bond donors (Lipinski definition) is 2. The molecule has 0 amide bonds. The highest BCUT2D eigenvalue weighted by atomic mass is 19.1. The quantitative estimate of drug-likeness (QED) is 0.278. The molecule has 0 bridgehead atoms. The number of pyridine rings is 2. The fourth-order valence-corrected chi connectivity index (χ4v) is 6.10. The Kier molecular flexibility index (Phi) is 6.98. The summed E-state index contributed by atoms with van der Waals surface area (Å²) in [5.41, 5.74) is 8.50. The van der Waals surface area contributed by atoms with E-state index in [2.05, 4.69) is 47.1 Å². The molecule has 0 saturated carbocycles. The molecule has 0 atom stereocenters. The molecule has 2 N–H and O–H groups in total. The van der Waals surface area contributed by atoms with Crippen LogP contribution in [0.4, 0.5) is 10.1 Å². The van der Waals surface area contributed by atoms with Gasteiger partial charge in [0.15, 0.2) is 11.5 Å². The average molecular weight is 591 g/mol. The van der Waals surface area contributed by atoms with Crippen LogP contribution in [0.1, 0.15) is 5.56 Å². The number of hydrogen-bond acceptors (Lipinski definition) is 8. The number of fused-ring (bicyclic) bond motifs is 2. The van der Waals surface area contributed by atoms with E-state index in [1.54, 1.807) is 12.1 Å². The minimum Gasteiger partial charge on any atom is -0.379 e.